The fraction of sp³-hybridized carbons (Fsp3) is 0.474. The molecule has 1 fully saturated rings. The Kier molecular flexibility index (Phi) is 5.08. The van der Waals surface area contributed by atoms with Gasteiger partial charge in [-0.15, -0.1) is 0 Å². The van der Waals surface area contributed by atoms with E-state index in [0.717, 1.165) is 35.8 Å². The maximum atomic E-state index is 12.8. The number of amides is 1. The van der Waals surface area contributed by atoms with Crippen LogP contribution in [0.3, 0.4) is 0 Å². The largest absolute Gasteiger partial charge is 0.497 e. The Morgan fingerprint density at radius 2 is 2.00 bits per heavy atom. The monoisotopic (exact) mass is 342 g/mol. The molecule has 1 aliphatic rings. The lowest BCUT2D eigenvalue weighted by molar-refractivity contribution is -0.133. The lowest BCUT2D eigenvalue weighted by atomic mass is 10.0. The molecule has 6 heteroatoms. The lowest BCUT2D eigenvalue weighted by Crippen LogP contribution is -2.49. The summed E-state index contributed by atoms with van der Waals surface area (Å²) in [5.41, 5.74) is 4.11. The van der Waals surface area contributed by atoms with E-state index in [1.54, 1.807) is 7.11 Å². The Morgan fingerprint density at radius 3 is 2.60 bits per heavy atom. The number of aromatic amines is 1. The summed E-state index contributed by atoms with van der Waals surface area (Å²) in [6.07, 6.45) is 0.410. The number of aryl methyl sites for hydroxylation is 2. The van der Waals surface area contributed by atoms with E-state index in [9.17, 15) is 4.79 Å². The molecule has 0 saturated carbocycles. The van der Waals surface area contributed by atoms with E-state index in [4.69, 9.17) is 4.74 Å². The second-order valence-corrected chi connectivity index (χ2v) is 6.70. The maximum Gasteiger partial charge on any atom is 0.227 e. The Balaban J connectivity index is 1.72. The van der Waals surface area contributed by atoms with Crippen LogP contribution in [0.25, 0.3) is 0 Å². The number of nitrogens with one attached hydrogen (secondary N) is 1. The Bertz CT molecular complexity index is 719. The van der Waals surface area contributed by atoms with Gasteiger partial charge < -0.3 is 9.64 Å². The Morgan fingerprint density at radius 1 is 1.28 bits per heavy atom. The number of aromatic nitrogens is 2. The fourth-order valence-electron chi connectivity index (χ4n) is 3.38. The van der Waals surface area contributed by atoms with Crippen molar-refractivity contribution in [3.8, 4) is 5.75 Å². The minimum atomic E-state index is 0.166. The molecule has 1 unspecified atom stereocenters. The van der Waals surface area contributed by atoms with Crippen LogP contribution in [0.15, 0.2) is 24.3 Å². The summed E-state index contributed by atoms with van der Waals surface area (Å²) in [5.74, 6) is 1.01. The van der Waals surface area contributed by atoms with Crippen LogP contribution >= 0.6 is 0 Å². The average molecular weight is 342 g/mol. The van der Waals surface area contributed by atoms with E-state index in [1.165, 1.54) is 5.56 Å². The Labute approximate surface area is 148 Å². The first-order valence-corrected chi connectivity index (χ1v) is 8.62. The first-order chi connectivity index (χ1) is 12.0. The zero-order chi connectivity index (χ0) is 18.0. The van der Waals surface area contributed by atoms with Gasteiger partial charge in [0.25, 0.3) is 0 Å². The third kappa shape index (κ3) is 3.69. The van der Waals surface area contributed by atoms with Gasteiger partial charge >= 0.3 is 0 Å². The molecule has 1 amide bonds. The second-order valence-electron chi connectivity index (χ2n) is 6.70. The molecule has 0 aliphatic carbocycles. The lowest BCUT2D eigenvalue weighted by Gasteiger charge is -2.39. The van der Waals surface area contributed by atoms with Gasteiger partial charge in [-0.05, 0) is 38.6 Å². The molecule has 1 aliphatic heterocycles. The van der Waals surface area contributed by atoms with Crippen LogP contribution < -0.4 is 4.74 Å². The molecule has 6 nitrogen and oxygen atoms in total. The topological polar surface area (TPSA) is 61.5 Å². The van der Waals surface area contributed by atoms with E-state index >= 15 is 0 Å². The quantitative estimate of drug-likeness (QED) is 0.924. The number of benzene rings is 1. The summed E-state index contributed by atoms with van der Waals surface area (Å²) in [7, 11) is 3.78. The molecule has 1 atom stereocenters. The zero-order valence-electron chi connectivity index (χ0n) is 15.4. The SMILES string of the molecule is COc1ccc(C2CN(C(=O)Cc3c(C)n[nH]c3C)CCN2C)cc1. The standard InChI is InChI=1S/C19H26N4O2/c1-13-17(14(2)21-20-13)11-19(24)23-10-9-22(3)18(12-23)15-5-7-16(25-4)8-6-15/h5-8,18H,9-12H2,1-4H3,(H,20,21). The predicted molar refractivity (Wildman–Crippen MR) is 96.7 cm³/mol. The van der Waals surface area contributed by atoms with Gasteiger partial charge in [0.15, 0.2) is 0 Å². The zero-order valence-corrected chi connectivity index (χ0v) is 15.4. The van der Waals surface area contributed by atoms with Crippen molar-refractivity contribution in [1.82, 2.24) is 20.0 Å². The molecule has 1 N–H and O–H groups in total. The molecule has 134 valence electrons. The summed E-state index contributed by atoms with van der Waals surface area (Å²) < 4.78 is 5.24. The normalized spacial score (nSPS) is 18.4. The molecule has 2 aromatic rings. The van der Waals surface area contributed by atoms with Crippen molar-refractivity contribution in [2.75, 3.05) is 33.8 Å². The van der Waals surface area contributed by atoms with Crippen molar-refractivity contribution < 1.29 is 9.53 Å². The van der Waals surface area contributed by atoms with E-state index in [0.29, 0.717) is 13.0 Å². The molecular weight excluding hydrogens is 316 g/mol. The molecule has 3 rings (SSSR count). The number of H-pyrrole nitrogens is 1. The van der Waals surface area contributed by atoms with Crippen LogP contribution in [0.2, 0.25) is 0 Å². The van der Waals surface area contributed by atoms with Crippen molar-refractivity contribution >= 4 is 5.91 Å². The number of methoxy groups -OCH3 is 1. The summed E-state index contributed by atoms with van der Waals surface area (Å²) >= 11 is 0. The first-order valence-electron chi connectivity index (χ1n) is 8.62. The number of piperazine rings is 1. The third-order valence-electron chi connectivity index (χ3n) is 5.11. The first kappa shape index (κ1) is 17.5. The molecule has 1 aromatic carbocycles. The molecule has 25 heavy (non-hydrogen) atoms. The van der Waals surface area contributed by atoms with Crippen LogP contribution in [-0.4, -0.2) is 59.7 Å². The van der Waals surface area contributed by atoms with Crippen LogP contribution in [0, 0.1) is 13.8 Å². The minimum absolute atomic E-state index is 0.166. The van der Waals surface area contributed by atoms with Crippen LogP contribution in [0.1, 0.15) is 28.6 Å². The minimum Gasteiger partial charge on any atom is -0.497 e. The van der Waals surface area contributed by atoms with Crippen LogP contribution in [0.5, 0.6) is 5.75 Å². The average Bonchev–Trinajstić information content (AvgIpc) is 2.94. The van der Waals surface area contributed by atoms with Gasteiger partial charge in [-0.2, -0.15) is 5.10 Å². The van der Waals surface area contributed by atoms with E-state index < -0.39 is 0 Å². The van der Waals surface area contributed by atoms with Gasteiger partial charge in [-0.25, -0.2) is 0 Å². The van der Waals surface area contributed by atoms with Gasteiger partial charge in [0.1, 0.15) is 5.75 Å². The van der Waals surface area contributed by atoms with Crippen molar-refractivity contribution in [3.05, 3.63) is 46.8 Å². The van der Waals surface area contributed by atoms with Gasteiger partial charge in [-0.1, -0.05) is 12.1 Å². The summed E-state index contributed by atoms with van der Waals surface area (Å²) in [6.45, 7) is 6.24. The highest BCUT2D eigenvalue weighted by atomic mass is 16.5. The molecule has 2 heterocycles. The number of ether oxygens (including phenoxy) is 1. The van der Waals surface area contributed by atoms with Crippen molar-refractivity contribution in [3.63, 3.8) is 0 Å². The number of hydrogen-bond acceptors (Lipinski definition) is 4. The number of rotatable bonds is 4. The van der Waals surface area contributed by atoms with Crippen molar-refractivity contribution in [1.29, 1.82) is 0 Å². The van der Waals surface area contributed by atoms with Crippen LogP contribution in [0.4, 0.5) is 0 Å². The number of hydrogen-bond donors (Lipinski definition) is 1. The highest BCUT2D eigenvalue weighted by Gasteiger charge is 2.29. The number of carbonyl (C=O) groups excluding carboxylic acids is 1. The number of likely N-dealkylation sites (N-methyl/N-ethyl adjacent to an activating group) is 1. The van der Waals surface area contributed by atoms with E-state index in [1.807, 2.05) is 30.9 Å². The van der Waals surface area contributed by atoms with Crippen LogP contribution in [-0.2, 0) is 11.2 Å². The third-order valence-corrected chi connectivity index (χ3v) is 5.11. The summed E-state index contributed by atoms with van der Waals surface area (Å²) in [5, 5.41) is 7.15. The van der Waals surface area contributed by atoms with Gasteiger partial charge in [0.2, 0.25) is 5.91 Å². The van der Waals surface area contributed by atoms with E-state index in [2.05, 4.69) is 34.3 Å². The summed E-state index contributed by atoms with van der Waals surface area (Å²) in [6, 6.07) is 8.32. The van der Waals surface area contributed by atoms with E-state index in [-0.39, 0.29) is 11.9 Å². The summed E-state index contributed by atoms with van der Waals surface area (Å²) in [4.78, 5) is 17.1. The van der Waals surface area contributed by atoms with Crippen molar-refractivity contribution in [2.24, 2.45) is 0 Å². The van der Waals surface area contributed by atoms with Gasteiger partial charge in [0, 0.05) is 30.9 Å². The fourth-order valence-corrected chi connectivity index (χ4v) is 3.38. The Hall–Kier alpha value is -2.34. The smallest absolute Gasteiger partial charge is 0.227 e. The van der Waals surface area contributed by atoms with Crippen molar-refractivity contribution in [2.45, 2.75) is 26.3 Å². The molecular formula is C19H26N4O2. The maximum absolute atomic E-state index is 12.8. The predicted octanol–water partition coefficient (Wildman–Crippen LogP) is 2.09. The highest BCUT2D eigenvalue weighted by Crippen LogP contribution is 2.26. The second kappa shape index (κ2) is 7.27. The molecule has 0 bridgehead atoms. The number of nitrogens with zero attached hydrogens (tertiary/aromatic N) is 3. The number of carbonyl (C=O) groups is 1. The van der Waals surface area contributed by atoms with Gasteiger partial charge in [0.05, 0.1) is 25.3 Å². The molecule has 0 spiro atoms. The molecule has 1 saturated heterocycles. The molecule has 1 aromatic heterocycles. The highest BCUT2D eigenvalue weighted by molar-refractivity contribution is 5.79. The van der Waals surface area contributed by atoms with Gasteiger partial charge in [-0.3, -0.25) is 14.8 Å². The molecule has 0 radical (unpaired) electrons.